The minimum absolute atomic E-state index is 0.0851. The first kappa shape index (κ1) is 20.2. The second-order valence-corrected chi connectivity index (χ2v) is 8.57. The number of benzene rings is 2. The number of rotatable bonds is 5. The Bertz CT molecular complexity index is 1260. The van der Waals surface area contributed by atoms with Crippen molar-refractivity contribution in [3.05, 3.63) is 54.1 Å². The summed E-state index contributed by atoms with van der Waals surface area (Å²) in [6, 6.07) is 16.0. The normalized spacial score (nSPS) is 18.6. The number of nitrogens with one attached hydrogen (secondary N) is 2. The Morgan fingerprint density at radius 1 is 0.938 bits per heavy atom. The van der Waals surface area contributed by atoms with Crippen LogP contribution in [0.2, 0.25) is 0 Å². The highest BCUT2D eigenvalue weighted by Gasteiger charge is 2.23. The van der Waals surface area contributed by atoms with Crippen molar-refractivity contribution in [3.8, 4) is 0 Å². The highest BCUT2D eigenvalue weighted by molar-refractivity contribution is 5.97. The highest BCUT2D eigenvalue weighted by Crippen LogP contribution is 2.29. The minimum atomic E-state index is -0.0851. The first-order valence-corrected chi connectivity index (χ1v) is 10.9. The van der Waals surface area contributed by atoms with Gasteiger partial charge in [-0.3, -0.25) is 4.79 Å². The van der Waals surface area contributed by atoms with Crippen LogP contribution in [-0.2, 0) is 0 Å². The summed E-state index contributed by atoms with van der Waals surface area (Å²) in [5, 5.41) is 15.5. The molecule has 0 saturated heterocycles. The molecule has 2 aromatic heterocycles. The van der Waals surface area contributed by atoms with Gasteiger partial charge in [0.25, 0.3) is 5.91 Å². The maximum Gasteiger partial charge on any atom is 0.251 e. The van der Waals surface area contributed by atoms with E-state index < -0.39 is 0 Å². The molecule has 1 aliphatic rings. The monoisotopic (exact) mass is 430 g/mol. The van der Waals surface area contributed by atoms with Gasteiger partial charge in [-0.2, -0.15) is 0 Å². The molecule has 0 spiro atoms. The number of hydrogen-bond donors (Lipinski definition) is 2. The molecule has 0 bridgehead atoms. The van der Waals surface area contributed by atoms with E-state index in [1.165, 1.54) is 0 Å². The molecule has 1 aliphatic carbocycles. The molecule has 32 heavy (non-hydrogen) atoms. The van der Waals surface area contributed by atoms with Crippen LogP contribution in [0.15, 0.2) is 53.2 Å². The number of anilines is 2. The zero-order valence-corrected chi connectivity index (χ0v) is 18.2. The number of nitrogens with zero attached hydrogens (tertiary/aromatic N) is 4. The molecule has 8 heteroatoms. The van der Waals surface area contributed by atoms with Gasteiger partial charge in [-0.25, -0.2) is 9.61 Å². The predicted octanol–water partition coefficient (Wildman–Crippen LogP) is 3.99. The number of carbonyl (C=O) groups excluding carboxylic acids is 1. The van der Waals surface area contributed by atoms with Gasteiger partial charge in [-0.1, -0.05) is 18.2 Å². The van der Waals surface area contributed by atoms with Gasteiger partial charge in [0.15, 0.2) is 0 Å². The summed E-state index contributed by atoms with van der Waals surface area (Å²) >= 11 is 0. The molecule has 0 atom stereocenters. The number of hydrogen-bond acceptors (Lipinski definition) is 7. The average Bonchev–Trinajstić information content (AvgIpc) is 3.27. The zero-order chi connectivity index (χ0) is 22.1. The van der Waals surface area contributed by atoms with Gasteiger partial charge in [0, 0.05) is 48.9 Å². The van der Waals surface area contributed by atoms with Crippen LogP contribution in [0.25, 0.3) is 21.9 Å². The second kappa shape index (κ2) is 8.45. The number of para-hydroxylation sites is 1. The summed E-state index contributed by atoms with van der Waals surface area (Å²) in [6.45, 7) is 0. The SMILES string of the molecule is CN(C)c1cc(NC2CCC(NC(=O)c3ccc4nonc4c3)CC2)nc2ccccc12. The first-order chi connectivity index (χ1) is 15.6. The fourth-order valence-electron chi connectivity index (χ4n) is 4.38. The Morgan fingerprint density at radius 2 is 1.69 bits per heavy atom. The molecule has 2 aromatic carbocycles. The number of carbonyl (C=O) groups is 1. The Kier molecular flexibility index (Phi) is 5.34. The molecule has 0 aliphatic heterocycles. The van der Waals surface area contributed by atoms with Gasteiger partial charge in [0.2, 0.25) is 0 Å². The number of amides is 1. The molecule has 1 fully saturated rings. The van der Waals surface area contributed by atoms with Gasteiger partial charge in [0.05, 0.1) is 5.52 Å². The number of pyridine rings is 1. The fourth-order valence-corrected chi connectivity index (χ4v) is 4.38. The lowest BCUT2D eigenvalue weighted by Crippen LogP contribution is -2.40. The molecule has 1 saturated carbocycles. The Morgan fingerprint density at radius 3 is 2.50 bits per heavy atom. The Hall–Kier alpha value is -3.68. The quantitative estimate of drug-likeness (QED) is 0.494. The van der Waals surface area contributed by atoms with E-state index in [1.807, 2.05) is 18.2 Å². The van der Waals surface area contributed by atoms with Crippen molar-refractivity contribution in [2.24, 2.45) is 0 Å². The Labute approximate surface area is 186 Å². The molecule has 0 unspecified atom stereocenters. The van der Waals surface area contributed by atoms with Crippen LogP contribution in [0.4, 0.5) is 11.5 Å². The van der Waals surface area contributed by atoms with Gasteiger partial charge >= 0.3 is 0 Å². The molecule has 5 rings (SSSR count). The third-order valence-electron chi connectivity index (χ3n) is 6.11. The molecule has 0 radical (unpaired) electrons. The van der Waals surface area contributed by atoms with Crippen LogP contribution in [0, 0.1) is 0 Å². The topological polar surface area (TPSA) is 96.2 Å². The molecule has 164 valence electrons. The van der Waals surface area contributed by atoms with E-state index >= 15 is 0 Å². The van der Waals surface area contributed by atoms with Crippen molar-refractivity contribution in [1.29, 1.82) is 0 Å². The van der Waals surface area contributed by atoms with Gasteiger partial charge in [-0.15, -0.1) is 0 Å². The highest BCUT2D eigenvalue weighted by atomic mass is 16.6. The van der Waals surface area contributed by atoms with Crippen LogP contribution in [0.5, 0.6) is 0 Å². The van der Waals surface area contributed by atoms with Crippen LogP contribution in [-0.4, -0.2) is 47.4 Å². The number of aromatic nitrogens is 3. The van der Waals surface area contributed by atoms with Crippen molar-refractivity contribution in [1.82, 2.24) is 20.6 Å². The Balaban J connectivity index is 1.21. The van der Waals surface area contributed by atoms with Gasteiger partial charge in [0.1, 0.15) is 16.9 Å². The third-order valence-corrected chi connectivity index (χ3v) is 6.11. The first-order valence-electron chi connectivity index (χ1n) is 10.9. The largest absolute Gasteiger partial charge is 0.377 e. The van der Waals surface area contributed by atoms with E-state index in [0.717, 1.165) is 48.1 Å². The zero-order valence-electron chi connectivity index (χ0n) is 18.2. The molecule has 4 aromatic rings. The smallest absolute Gasteiger partial charge is 0.251 e. The van der Waals surface area contributed by atoms with Crippen LogP contribution >= 0.6 is 0 Å². The maximum absolute atomic E-state index is 12.7. The lowest BCUT2D eigenvalue weighted by atomic mass is 9.91. The molecule has 8 nitrogen and oxygen atoms in total. The van der Waals surface area contributed by atoms with Crippen molar-refractivity contribution < 1.29 is 9.42 Å². The molecular formula is C24H26N6O2. The summed E-state index contributed by atoms with van der Waals surface area (Å²) in [7, 11) is 4.10. The average molecular weight is 431 g/mol. The lowest BCUT2D eigenvalue weighted by molar-refractivity contribution is 0.0926. The van der Waals surface area contributed by atoms with Crippen molar-refractivity contribution in [3.63, 3.8) is 0 Å². The lowest BCUT2D eigenvalue weighted by Gasteiger charge is -2.30. The van der Waals surface area contributed by atoms with Crippen LogP contribution < -0.4 is 15.5 Å². The second-order valence-electron chi connectivity index (χ2n) is 8.57. The standard InChI is InChI=1S/C24H26N6O2/c1-30(2)22-14-23(27-19-6-4-3-5-18(19)22)25-16-8-10-17(11-9-16)26-24(31)15-7-12-20-21(13-15)29-32-28-20/h3-7,12-14,16-17H,8-11H2,1-2H3,(H,25,27)(H,26,31). The van der Waals surface area contributed by atoms with E-state index in [4.69, 9.17) is 9.61 Å². The van der Waals surface area contributed by atoms with E-state index in [2.05, 4.69) is 52.1 Å². The molecule has 2 heterocycles. The van der Waals surface area contributed by atoms with Crippen molar-refractivity contribution in [2.45, 2.75) is 37.8 Å². The predicted molar refractivity (Wildman–Crippen MR) is 125 cm³/mol. The van der Waals surface area contributed by atoms with Crippen molar-refractivity contribution in [2.75, 3.05) is 24.3 Å². The van der Waals surface area contributed by atoms with E-state index in [-0.39, 0.29) is 11.9 Å². The summed E-state index contributed by atoms with van der Waals surface area (Å²) in [6.07, 6.45) is 3.79. The summed E-state index contributed by atoms with van der Waals surface area (Å²) < 4.78 is 4.71. The van der Waals surface area contributed by atoms with Crippen LogP contribution in [0.1, 0.15) is 36.0 Å². The molecule has 1 amide bonds. The summed E-state index contributed by atoms with van der Waals surface area (Å²) in [5.41, 5.74) is 3.95. The van der Waals surface area contributed by atoms with Gasteiger partial charge in [-0.05, 0) is 60.3 Å². The summed E-state index contributed by atoms with van der Waals surface area (Å²) in [5.74, 6) is 0.813. The molecular weight excluding hydrogens is 404 g/mol. The number of fused-ring (bicyclic) bond motifs is 2. The maximum atomic E-state index is 12.7. The minimum Gasteiger partial charge on any atom is -0.377 e. The summed E-state index contributed by atoms with van der Waals surface area (Å²) in [4.78, 5) is 19.6. The van der Waals surface area contributed by atoms with E-state index in [0.29, 0.717) is 22.6 Å². The van der Waals surface area contributed by atoms with E-state index in [1.54, 1.807) is 18.2 Å². The van der Waals surface area contributed by atoms with Crippen molar-refractivity contribution >= 4 is 39.3 Å². The fraction of sp³-hybridized carbons (Fsp3) is 0.333. The van der Waals surface area contributed by atoms with E-state index in [9.17, 15) is 4.79 Å². The molecule has 2 N–H and O–H groups in total. The van der Waals surface area contributed by atoms with Gasteiger partial charge < -0.3 is 15.5 Å². The third kappa shape index (κ3) is 4.08. The van der Waals surface area contributed by atoms with Crippen LogP contribution in [0.3, 0.4) is 0 Å².